The lowest BCUT2D eigenvalue weighted by Gasteiger charge is -2.08. The van der Waals surface area contributed by atoms with E-state index in [2.05, 4.69) is 0 Å². The van der Waals surface area contributed by atoms with Crippen molar-refractivity contribution >= 4 is 0 Å². The summed E-state index contributed by atoms with van der Waals surface area (Å²) in [4.78, 5) is 0. The zero-order valence-electron chi connectivity index (χ0n) is 14.8. The Bertz CT molecular complexity index is 661. The van der Waals surface area contributed by atoms with Crippen molar-refractivity contribution in [3.63, 3.8) is 0 Å². The average Bonchev–Trinajstić information content (AvgIpc) is 2.60. The van der Waals surface area contributed by atoms with Crippen molar-refractivity contribution in [1.82, 2.24) is 0 Å². The zero-order valence-corrected chi connectivity index (χ0v) is 14.8. The number of benzene rings is 2. The second kappa shape index (κ2) is 10.1. The third kappa shape index (κ3) is 8.23. The fraction of sp³-hybridized carbons (Fsp3) is 0.368. The molecule has 0 amide bonds. The highest BCUT2D eigenvalue weighted by Gasteiger charge is 2.30. The molecular weight excluding hydrogens is 374 g/mol. The summed E-state index contributed by atoms with van der Waals surface area (Å²) in [6, 6.07) is 9.33. The Balaban J connectivity index is 0.000000271. The summed E-state index contributed by atoms with van der Waals surface area (Å²) < 4.78 is 82.7. The monoisotopic (exact) mass is 394 g/mol. The molecule has 0 aliphatic rings. The molecule has 27 heavy (non-hydrogen) atoms. The maximum atomic E-state index is 12.1. The molecule has 8 heteroatoms. The number of halogens is 6. The van der Waals surface area contributed by atoms with Gasteiger partial charge in [-0.25, -0.2) is 0 Å². The topological polar surface area (TPSA) is 18.5 Å². The number of hydrogen-bond acceptors (Lipinski definition) is 2. The van der Waals surface area contributed by atoms with Gasteiger partial charge in [-0.3, -0.25) is 0 Å². The quantitative estimate of drug-likeness (QED) is 0.532. The molecule has 0 saturated heterocycles. The van der Waals surface area contributed by atoms with Crippen LogP contribution in [0.25, 0.3) is 0 Å². The van der Waals surface area contributed by atoms with E-state index in [0.29, 0.717) is 24.7 Å². The molecule has 2 aromatic carbocycles. The number of hydrogen-bond donors (Lipinski definition) is 0. The van der Waals surface area contributed by atoms with Gasteiger partial charge >= 0.3 is 12.4 Å². The Kier molecular flexibility index (Phi) is 8.46. The summed E-state index contributed by atoms with van der Waals surface area (Å²) in [5.74, 6) is 0.926. The molecule has 0 bridgehead atoms. The lowest BCUT2D eigenvalue weighted by Crippen LogP contribution is -2.04. The van der Waals surface area contributed by atoms with E-state index in [1.807, 2.05) is 6.92 Å². The predicted molar refractivity (Wildman–Crippen MR) is 89.8 cm³/mol. The molecule has 0 aromatic heterocycles. The summed E-state index contributed by atoms with van der Waals surface area (Å²) >= 11 is 0. The van der Waals surface area contributed by atoms with Crippen LogP contribution in [-0.4, -0.2) is 13.2 Å². The summed E-state index contributed by atoms with van der Waals surface area (Å²) in [6.07, 6.45) is -7.71. The summed E-state index contributed by atoms with van der Waals surface area (Å²) in [5, 5.41) is 0. The summed E-state index contributed by atoms with van der Waals surface area (Å²) in [7, 11) is 0. The minimum atomic E-state index is -4.27. The van der Waals surface area contributed by atoms with Crippen LogP contribution in [-0.2, 0) is 12.4 Å². The van der Waals surface area contributed by atoms with Gasteiger partial charge in [0.15, 0.2) is 0 Å². The zero-order chi connectivity index (χ0) is 20.5. The van der Waals surface area contributed by atoms with E-state index in [1.54, 1.807) is 6.92 Å². The summed E-state index contributed by atoms with van der Waals surface area (Å²) in [5.41, 5.74) is -1.31. The largest absolute Gasteiger partial charge is 0.494 e. The van der Waals surface area contributed by atoms with Crippen molar-refractivity contribution in [3.8, 4) is 11.5 Å². The molecule has 150 valence electrons. The van der Waals surface area contributed by atoms with E-state index in [-0.39, 0.29) is 0 Å². The van der Waals surface area contributed by atoms with Crippen molar-refractivity contribution < 1.29 is 35.8 Å². The van der Waals surface area contributed by atoms with Crippen molar-refractivity contribution in [1.29, 1.82) is 0 Å². The first-order valence-corrected chi connectivity index (χ1v) is 8.18. The maximum absolute atomic E-state index is 12.1. The number of alkyl halides is 6. The van der Waals surface area contributed by atoms with Gasteiger partial charge in [0, 0.05) is 0 Å². The van der Waals surface area contributed by atoms with E-state index < -0.39 is 23.5 Å². The Hall–Kier alpha value is -2.38. The second-order valence-corrected chi connectivity index (χ2v) is 5.33. The first-order chi connectivity index (χ1) is 12.6. The van der Waals surface area contributed by atoms with Crippen LogP contribution >= 0.6 is 0 Å². The number of ether oxygens (including phenoxy) is 2. The van der Waals surface area contributed by atoms with Crippen LogP contribution in [0.3, 0.4) is 0 Å². The molecule has 0 spiro atoms. The Morgan fingerprint density at radius 1 is 0.630 bits per heavy atom. The van der Waals surface area contributed by atoms with Crippen LogP contribution in [0.4, 0.5) is 26.3 Å². The molecular formula is C19H20F6O2. The fourth-order valence-electron chi connectivity index (χ4n) is 1.87. The van der Waals surface area contributed by atoms with E-state index in [0.717, 1.165) is 30.7 Å². The van der Waals surface area contributed by atoms with Crippen LogP contribution in [0.5, 0.6) is 11.5 Å². The molecule has 0 radical (unpaired) electrons. The molecule has 2 nitrogen and oxygen atoms in total. The smallest absolute Gasteiger partial charge is 0.416 e. The Morgan fingerprint density at radius 3 is 1.30 bits per heavy atom. The van der Waals surface area contributed by atoms with Gasteiger partial charge in [0.25, 0.3) is 0 Å². The first kappa shape index (κ1) is 22.7. The van der Waals surface area contributed by atoms with Crippen molar-refractivity contribution in [2.45, 2.75) is 32.6 Å². The van der Waals surface area contributed by atoms with E-state index in [1.165, 1.54) is 24.3 Å². The van der Waals surface area contributed by atoms with Gasteiger partial charge in [0.2, 0.25) is 0 Å². The van der Waals surface area contributed by atoms with Gasteiger partial charge < -0.3 is 9.47 Å². The van der Waals surface area contributed by atoms with Gasteiger partial charge in [0.05, 0.1) is 24.3 Å². The molecule has 0 saturated carbocycles. The molecule has 0 atom stereocenters. The van der Waals surface area contributed by atoms with Crippen molar-refractivity contribution in [2.24, 2.45) is 0 Å². The van der Waals surface area contributed by atoms with Gasteiger partial charge in [-0.15, -0.1) is 0 Å². The molecule has 0 unspecified atom stereocenters. The van der Waals surface area contributed by atoms with Crippen LogP contribution < -0.4 is 9.47 Å². The van der Waals surface area contributed by atoms with Crippen molar-refractivity contribution in [3.05, 3.63) is 59.7 Å². The maximum Gasteiger partial charge on any atom is 0.416 e. The third-order valence-electron chi connectivity index (χ3n) is 3.15. The fourth-order valence-corrected chi connectivity index (χ4v) is 1.87. The van der Waals surface area contributed by atoms with E-state index in [4.69, 9.17) is 9.47 Å². The van der Waals surface area contributed by atoms with Crippen molar-refractivity contribution in [2.75, 3.05) is 13.2 Å². The summed E-state index contributed by atoms with van der Waals surface area (Å²) in [6.45, 7) is 4.68. The molecule has 2 rings (SSSR count). The second-order valence-electron chi connectivity index (χ2n) is 5.33. The lowest BCUT2D eigenvalue weighted by atomic mass is 10.2. The molecule has 0 heterocycles. The Labute approximate surface area is 153 Å². The minimum Gasteiger partial charge on any atom is -0.494 e. The van der Waals surface area contributed by atoms with E-state index in [9.17, 15) is 26.3 Å². The predicted octanol–water partition coefficient (Wildman–Crippen LogP) is 6.60. The molecule has 0 aliphatic heterocycles. The van der Waals surface area contributed by atoms with Gasteiger partial charge in [-0.2, -0.15) is 26.3 Å². The molecule has 2 aromatic rings. The van der Waals surface area contributed by atoms with Gasteiger partial charge in [-0.05, 0) is 61.9 Å². The molecule has 0 aliphatic carbocycles. The average molecular weight is 394 g/mol. The first-order valence-electron chi connectivity index (χ1n) is 8.18. The van der Waals surface area contributed by atoms with Crippen LogP contribution in [0.15, 0.2) is 48.5 Å². The lowest BCUT2D eigenvalue weighted by molar-refractivity contribution is -0.138. The highest BCUT2D eigenvalue weighted by molar-refractivity contribution is 5.29. The third-order valence-corrected chi connectivity index (χ3v) is 3.15. The Morgan fingerprint density at radius 2 is 1.00 bits per heavy atom. The standard InChI is InChI=1S/C10H11F3O.C9H9F3O/c1-2-7-14-9-5-3-8(4-6-9)10(11,12)13;1-2-13-8-5-3-7(4-6-8)9(10,11)12/h3-6H,2,7H2,1H3;3-6H,2H2,1H3. The van der Waals surface area contributed by atoms with Gasteiger partial charge in [0.1, 0.15) is 11.5 Å². The highest BCUT2D eigenvalue weighted by Crippen LogP contribution is 2.31. The SMILES string of the molecule is CCCOc1ccc(C(F)(F)F)cc1.CCOc1ccc(C(F)(F)F)cc1. The molecule has 0 fully saturated rings. The molecule has 0 N–H and O–H groups in total. The van der Waals surface area contributed by atoms with E-state index >= 15 is 0 Å². The normalized spacial score (nSPS) is 11.4. The minimum absolute atomic E-state index is 0.450. The van der Waals surface area contributed by atoms with Crippen LogP contribution in [0.1, 0.15) is 31.4 Å². The number of rotatable bonds is 5. The highest BCUT2D eigenvalue weighted by atomic mass is 19.4. The van der Waals surface area contributed by atoms with Crippen LogP contribution in [0, 0.1) is 0 Å². The van der Waals surface area contributed by atoms with Gasteiger partial charge in [-0.1, -0.05) is 6.92 Å². The van der Waals surface area contributed by atoms with Crippen LogP contribution in [0.2, 0.25) is 0 Å².